The highest BCUT2D eigenvalue weighted by molar-refractivity contribution is 5.43. The minimum atomic E-state index is -0.300. The normalized spacial score (nSPS) is 10.1. The van der Waals surface area contributed by atoms with Gasteiger partial charge in [-0.1, -0.05) is 0 Å². The van der Waals surface area contributed by atoms with E-state index in [0.29, 0.717) is 30.3 Å². The molecular formula is C11H15FO3. The third-order valence-corrected chi connectivity index (χ3v) is 1.99. The lowest BCUT2D eigenvalue weighted by Gasteiger charge is -2.11. The Morgan fingerprint density at radius 3 is 2.47 bits per heavy atom. The standard InChI is InChI=1S/C11H15FO3/c1-8-6-11(15-5-4-13-2)10(14-3)7-9(8)12/h6-7H,4-5H2,1-3H3. The van der Waals surface area contributed by atoms with Crippen molar-refractivity contribution in [1.29, 1.82) is 0 Å². The molecule has 0 unspecified atom stereocenters. The Morgan fingerprint density at radius 2 is 1.87 bits per heavy atom. The van der Waals surface area contributed by atoms with Crippen LogP contribution in [0.15, 0.2) is 12.1 Å². The highest BCUT2D eigenvalue weighted by Gasteiger charge is 2.08. The fourth-order valence-corrected chi connectivity index (χ4v) is 1.14. The smallest absolute Gasteiger partial charge is 0.163 e. The molecule has 0 bridgehead atoms. The topological polar surface area (TPSA) is 27.7 Å². The molecule has 1 aromatic rings. The van der Waals surface area contributed by atoms with Gasteiger partial charge in [-0.2, -0.15) is 0 Å². The Kier molecular flexibility index (Phi) is 4.37. The number of methoxy groups -OCH3 is 2. The van der Waals surface area contributed by atoms with E-state index >= 15 is 0 Å². The molecule has 3 nitrogen and oxygen atoms in total. The van der Waals surface area contributed by atoms with Crippen LogP contribution in [0.25, 0.3) is 0 Å². The first kappa shape index (κ1) is 11.8. The molecule has 0 N–H and O–H groups in total. The fraction of sp³-hybridized carbons (Fsp3) is 0.455. The summed E-state index contributed by atoms with van der Waals surface area (Å²) in [7, 11) is 3.07. The molecule has 1 rings (SSSR count). The van der Waals surface area contributed by atoms with Crippen LogP contribution >= 0.6 is 0 Å². The quantitative estimate of drug-likeness (QED) is 0.703. The van der Waals surface area contributed by atoms with Crippen molar-refractivity contribution in [3.8, 4) is 11.5 Å². The van der Waals surface area contributed by atoms with E-state index in [1.54, 1.807) is 20.1 Å². The summed E-state index contributed by atoms with van der Waals surface area (Å²) in [5.74, 6) is 0.633. The molecule has 0 heterocycles. The minimum Gasteiger partial charge on any atom is -0.493 e. The van der Waals surface area contributed by atoms with E-state index in [0.717, 1.165) is 0 Å². The molecule has 0 aliphatic rings. The molecule has 0 fully saturated rings. The van der Waals surface area contributed by atoms with Crippen LogP contribution in [-0.2, 0) is 4.74 Å². The summed E-state index contributed by atoms with van der Waals surface area (Å²) in [4.78, 5) is 0. The number of halogens is 1. The van der Waals surface area contributed by atoms with Gasteiger partial charge in [0.25, 0.3) is 0 Å². The second-order valence-electron chi connectivity index (χ2n) is 3.09. The number of rotatable bonds is 5. The second-order valence-corrected chi connectivity index (χ2v) is 3.09. The molecule has 0 aromatic heterocycles. The monoisotopic (exact) mass is 214 g/mol. The summed E-state index contributed by atoms with van der Waals surface area (Å²) in [6.07, 6.45) is 0. The molecule has 84 valence electrons. The molecule has 15 heavy (non-hydrogen) atoms. The van der Waals surface area contributed by atoms with Crippen molar-refractivity contribution in [2.24, 2.45) is 0 Å². The zero-order chi connectivity index (χ0) is 11.3. The van der Waals surface area contributed by atoms with Gasteiger partial charge in [-0.05, 0) is 18.6 Å². The lowest BCUT2D eigenvalue weighted by Crippen LogP contribution is -2.05. The maximum atomic E-state index is 13.2. The van der Waals surface area contributed by atoms with Crippen molar-refractivity contribution in [2.75, 3.05) is 27.4 Å². The highest BCUT2D eigenvalue weighted by atomic mass is 19.1. The van der Waals surface area contributed by atoms with E-state index < -0.39 is 0 Å². The van der Waals surface area contributed by atoms with Crippen LogP contribution in [0.5, 0.6) is 11.5 Å². The minimum absolute atomic E-state index is 0.300. The molecule has 0 aliphatic heterocycles. The maximum absolute atomic E-state index is 13.2. The maximum Gasteiger partial charge on any atom is 0.163 e. The first-order valence-corrected chi connectivity index (χ1v) is 4.65. The second kappa shape index (κ2) is 5.56. The average molecular weight is 214 g/mol. The fourth-order valence-electron chi connectivity index (χ4n) is 1.14. The molecule has 0 atom stereocenters. The van der Waals surface area contributed by atoms with Gasteiger partial charge in [0.1, 0.15) is 12.4 Å². The van der Waals surface area contributed by atoms with Crippen molar-refractivity contribution in [3.05, 3.63) is 23.5 Å². The molecule has 4 heteroatoms. The Hall–Kier alpha value is -1.29. The molecule has 0 saturated carbocycles. The first-order valence-electron chi connectivity index (χ1n) is 4.65. The average Bonchev–Trinajstić information content (AvgIpc) is 2.23. The lowest BCUT2D eigenvalue weighted by molar-refractivity contribution is 0.144. The predicted molar refractivity (Wildman–Crippen MR) is 55.1 cm³/mol. The molecule has 0 saturated heterocycles. The predicted octanol–water partition coefficient (Wildman–Crippen LogP) is 2.17. The number of hydrogen-bond donors (Lipinski definition) is 0. The Labute approximate surface area is 88.8 Å². The number of aryl methyl sites for hydroxylation is 1. The van der Waals surface area contributed by atoms with Gasteiger partial charge in [-0.15, -0.1) is 0 Å². The SMILES string of the molecule is COCCOc1cc(C)c(F)cc1OC. The highest BCUT2D eigenvalue weighted by Crippen LogP contribution is 2.29. The molecular weight excluding hydrogens is 199 g/mol. The van der Waals surface area contributed by atoms with Gasteiger partial charge in [-0.25, -0.2) is 4.39 Å². The van der Waals surface area contributed by atoms with E-state index in [-0.39, 0.29) is 5.82 Å². The molecule has 0 aliphatic carbocycles. The van der Waals surface area contributed by atoms with Gasteiger partial charge in [0.15, 0.2) is 11.5 Å². The Bertz CT molecular complexity index is 326. The number of hydrogen-bond acceptors (Lipinski definition) is 3. The van der Waals surface area contributed by atoms with E-state index in [9.17, 15) is 4.39 Å². The largest absolute Gasteiger partial charge is 0.493 e. The zero-order valence-electron chi connectivity index (χ0n) is 9.17. The van der Waals surface area contributed by atoms with E-state index in [4.69, 9.17) is 14.2 Å². The summed E-state index contributed by atoms with van der Waals surface area (Å²) in [6, 6.07) is 2.93. The summed E-state index contributed by atoms with van der Waals surface area (Å²) in [6.45, 7) is 2.58. The molecule has 0 radical (unpaired) electrons. The van der Waals surface area contributed by atoms with Gasteiger partial charge in [-0.3, -0.25) is 0 Å². The summed E-state index contributed by atoms with van der Waals surface area (Å²) < 4.78 is 28.4. The van der Waals surface area contributed by atoms with Crippen molar-refractivity contribution in [1.82, 2.24) is 0 Å². The van der Waals surface area contributed by atoms with Crippen molar-refractivity contribution >= 4 is 0 Å². The van der Waals surface area contributed by atoms with Gasteiger partial charge in [0, 0.05) is 13.2 Å². The van der Waals surface area contributed by atoms with Gasteiger partial charge in [0.05, 0.1) is 13.7 Å². The van der Waals surface area contributed by atoms with Crippen molar-refractivity contribution in [3.63, 3.8) is 0 Å². The van der Waals surface area contributed by atoms with Crippen LogP contribution in [0.4, 0.5) is 4.39 Å². The Balaban J connectivity index is 2.80. The third kappa shape index (κ3) is 3.09. The van der Waals surface area contributed by atoms with Crippen molar-refractivity contribution < 1.29 is 18.6 Å². The van der Waals surface area contributed by atoms with E-state index in [2.05, 4.69) is 0 Å². The molecule has 0 amide bonds. The summed E-state index contributed by atoms with van der Waals surface area (Å²) >= 11 is 0. The number of ether oxygens (including phenoxy) is 3. The van der Waals surface area contributed by atoms with E-state index in [1.165, 1.54) is 13.2 Å². The summed E-state index contributed by atoms with van der Waals surface area (Å²) in [5, 5.41) is 0. The Morgan fingerprint density at radius 1 is 1.13 bits per heavy atom. The van der Waals surface area contributed by atoms with Crippen LogP contribution < -0.4 is 9.47 Å². The number of benzene rings is 1. The summed E-state index contributed by atoms with van der Waals surface area (Å²) in [5.41, 5.74) is 0.531. The van der Waals surface area contributed by atoms with Crippen molar-refractivity contribution in [2.45, 2.75) is 6.92 Å². The molecule has 0 spiro atoms. The first-order chi connectivity index (χ1) is 7.19. The zero-order valence-corrected chi connectivity index (χ0v) is 9.17. The van der Waals surface area contributed by atoms with Crippen LogP contribution in [0.3, 0.4) is 0 Å². The van der Waals surface area contributed by atoms with Gasteiger partial charge in [0.2, 0.25) is 0 Å². The lowest BCUT2D eigenvalue weighted by atomic mass is 10.2. The van der Waals surface area contributed by atoms with Crippen LogP contribution in [0.2, 0.25) is 0 Å². The third-order valence-electron chi connectivity index (χ3n) is 1.99. The van der Waals surface area contributed by atoms with Gasteiger partial charge >= 0.3 is 0 Å². The van der Waals surface area contributed by atoms with Crippen LogP contribution in [0, 0.1) is 12.7 Å². The van der Waals surface area contributed by atoms with Gasteiger partial charge < -0.3 is 14.2 Å². The van der Waals surface area contributed by atoms with E-state index in [1.807, 2.05) is 0 Å². The molecule has 1 aromatic carbocycles. The van der Waals surface area contributed by atoms with Crippen LogP contribution in [0.1, 0.15) is 5.56 Å². The van der Waals surface area contributed by atoms with Crippen LogP contribution in [-0.4, -0.2) is 27.4 Å².